The first-order valence-electron chi connectivity index (χ1n) is 5.76. The smallest absolute Gasteiger partial charge is 0.413 e. The fourth-order valence-corrected chi connectivity index (χ4v) is 1.46. The lowest BCUT2D eigenvalue weighted by molar-refractivity contribution is 0.155. The minimum absolute atomic E-state index is 0.219. The van der Waals surface area contributed by atoms with Crippen LogP contribution < -0.4 is 10.1 Å². The lowest BCUT2D eigenvalue weighted by atomic mass is 10.2. The Balaban J connectivity index is 1.87. The number of hydrogen-bond donors (Lipinski definition) is 1. The zero-order valence-electron chi connectivity index (χ0n) is 10.5. The number of nitrogens with zero attached hydrogens (tertiary/aromatic N) is 1. The fraction of sp³-hybridized carbons (Fsp3) is 0.143. The highest BCUT2D eigenvalue weighted by Gasteiger charge is 2.05. The molecule has 0 bridgehead atoms. The predicted molar refractivity (Wildman–Crippen MR) is 71.0 cm³/mol. The second-order valence-corrected chi connectivity index (χ2v) is 3.75. The monoisotopic (exact) mass is 258 g/mol. The van der Waals surface area contributed by atoms with Gasteiger partial charge >= 0.3 is 6.09 Å². The SMILES string of the molecule is COc1cccc(NC(=O)OCc2ccccc2)n1. The van der Waals surface area contributed by atoms with Gasteiger partial charge < -0.3 is 9.47 Å². The first-order valence-corrected chi connectivity index (χ1v) is 5.76. The Morgan fingerprint density at radius 3 is 2.68 bits per heavy atom. The molecule has 98 valence electrons. The maximum Gasteiger partial charge on any atom is 0.413 e. The summed E-state index contributed by atoms with van der Waals surface area (Å²) in [5.41, 5.74) is 0.927. The Bertz CT molecular complexity index is 543. The average molecular weight is 258 g/mol. The summed E-state index contributed by atoms with van der Waals surface area (Å²) in [6.07, 6.45) is -0.551. The Kier molecular flexibility index (Phi) is 4.34. The van der Waals surface area contributed by atoms with Crippen molar-refractivity contribution in [2.45, 2.75) is 6.61 Å². The second kappa shape index (κ2) is 6.39. The first-order chi connectivity index (χ1) is 9.28. The van der Waals surface area contributed by atoms with Crippen molar-refractivity contribution in [3.63, 3.8) is 0 Å². The number of amides is 1. The molecule has 19 heavy (non-hydrogen) atoms. The topological polar surface area (TPSA) is 60.5 Å². The van der Waals surface area contributed by atoms with E-state index in [0.717, 1.165) is 5.56 Å². The summed E-state index contributed by atoms with van der Waals surface area (Å²) in [7, 11) is 1.51. The largest absolute Gasteiger partial charge is 0.481 e. The van der Waals surface area contributed by atoms with Crippen molar-refractivity contribution in [2.75, 3.05) is 12.4 Å². The summed E-state index contributed by atoms with van der Waals surface area (Å²) in [6.45, 7) is 0.219. The summed E-state index contributed by atoms with van der Waals surface area (Å²) < 4.78 is 10.0. The normalized spacial score (nSPS) is 9.74. The molecule has 0 spiro atoms. The Hall–Kier alpha value is -2.56. The van der Waals surface area contributed by atoms with Gasteiger partial charge in [-0.1, -0.05) is 36.4 Å². The van der Waals surface area contributed by atoms with E-state index in [1.165, 1.54) is 7.11 Å². The van der Waals surface area contributed by atoms with Gasteiger partial charge in [0.05, 0.1) is 7.11 Å². The van der Waals surface area contributed by atoms with Crippen molar-refractivity contribution in [1.29, 1.82) is 0 Å². The Morgan fingerprint density at radius 1 is 1.16 bits per heavy atom. The van der Waals surface area contributed by atoms with E-state index < -0.39 is 6.09 Å². The molecule has 1 aromatic heterocycles. The van der Waals surface area contributed by atoms with Crippen LogP contribution in [0.5, 0.6) is 5.88 Å². The number of anilines is 1. The summed E-state index contributed by atoms with van der Waals surface area (Å²) in [5, 5.41) is 2.53. The van der Waals surface area contributed by atoms with E-state index in [1.54, 1.807) is 18.2 Å². The van der Waals surface area contributed by atoms with Gasteiger partial charge in [-0.15, -0.1) is 0 Å². The van der Waals surface area contributed by atoms with Crippen molar-refractivity contribution in [3.05, 3.63) is 54.1 Å². The number of nitrogens with one attached hydrogen (secondary N) is 1. The average Bonchev–Trinajstić information content (AvgIpc) is 2.46. The number of ether oxygens (including phenoxy) is 2. The summed E-state index contributed by atoms with van der Waals surface area (Å²) in [5.74, 6) is 0.818. The number of pyridine rings is 1. The van der Waals surface area contributed by atoms with Gasteiger partial charge in [0.1, 0.15) is 12.4 Å². The van der Waals surface area contributed by atoms with Crippen LogP contribution in [0.2, 0.25) is 0 Å². The number of carbonyl (C=O) groups excluding carboxylic acids is 1. The van der Waals surface area contributed by atoms with Crippen LogP contribution >= 0.6 is 0 Å². The van der Waals surface area contributed by atoms with Crippen LogP contribution in [-0.4, -0.2) is 18.2 Å². The molecule has 0 saturated carbocycles. The number of carbonyl (C=O) groups is 1. The molecule has 5 nitrogen and oxygen atoms in total. The molecule has 1 amide bonds. The molecule has 0 saturated heterocycles. The summed E-state index contributed by atoms with van der Waals surface area (Å²) in [4.78, 5) is 15.6. The van der Waals surface area contributed by atoms with Gasteiger partial charge in [0.25, 0.3) is 0 Å². The van der Waals surface area contributed by atoms with Gasteiger partial charge in [-0.05, 0) is 11.6 Å². The third-order valence-corrected chi connectivity index (χ3v) is 2.38. The fourth-order valence-electron chi connectivity index (χ4n) is 1.46. The van der Waals surface area contributed by atoms with Crippen molar-refractivity contribution in [1.82, 2.24) is 4.98 Å². The van der Waals surface area contributed by atoms with E-state index in [-0.39, 0.29) is 6.61 Å². The molecular weight excluding hydrogens is 244 g/mol. The molecule has 1 heterocycles. The third-order valence-electron chi connectivity index (χ3n) is 2.38. The van der Waals surface area contributed by atoms with Gasteiger partial charge in [0, 0.05) is 6.07 Å². The zero-order valence-corrected chi connectivity index (χ0v) is 10.5. The van der Waals surface area contributed by atoms with Crippen LogP contribution in [0.3, 0.4) is 0 Å². The number of benzene rings is 1. The van der Waals surface area contributed by atoms with Crippen LogP contribution in [0.1, 0.15) is 5.56 Å². The molecular formula is C14H14N2O3. The molecule has 2 rings (SSSR count). The van der Waals surface area contributed by atoms with Gasteiger partial charge in [0.15, 0.2) is 0 Å². The maximum atomic E-state index is 11.6. The molecule has 2 aromatic rings. The van der Waals surface area contributed by atoms with Crippen LogP contribution in [0.4, 0.5) is 10.6 Å². The van der Waals surface area contributed by atoms with Crippen molar-refractivity contribution >= 4 is 11.9 Å². The number of methoxy groups -OCH3 is 1. The minimum atomic E-state index is -0.551. The molecule has 0 aliphatic heterocycles. The van der Waals surface area contributed by atoms with Gasteiger partial charge in [-0.3, -0.25) is 5.32 Å². The molecule has 0 atom stereocenters. The maximum absolute atomic E-state index is 11.6. The number of hydrogen-bond acceptors (Lipinski definition) is 4. The first kappa shape index (κ1) is 12.9. The minimum Gasteiger partial charge on any atom is -0.481 e. The van der Waals surface area contributed by atoms with E-state index in [1.807, 2.05) is 30.3 Å². The van der Waals surface area contributed by atoms with Crippen LogP contribution in [-0.2, 0) is 11.3 Å². The number of rotatable bonds is 4. The molecule has 0 fully saturated rings. The summed E-state index contributed by atoms with van der Waals surface area (Å²) >= 11 is 0. The van der Waals surface area contributed by atoms with Crippen molar-refractivity contribution < 1.29 is 14.3 Å². The lowest BCUT2D eigenvalue weighted by Crippen LogP contribution is -2.14. The van der Waals surface area contributed by atoms with E-state index >= 15 is 0 Å². The molecule has 1 aromatic carbocycles. The molecule has 0 aliphatic rings. The highest BCUT2D eigenvalue weighted by molar-refractivity contribution is 5.83. The zero-order chi connectivity index (χ0) is 13.5. The van der Waals surface area contributed by atoms with Crippen LogP contribution in [0.15, 0.2) is 48.5 Å². The van der Waals surface area contributed by atoms with E-state index in [9.17, 15) is 4.79 Å². The Morgan fingerprint density at radius 2 is 1.95 bits per heavy atom. The van der Waals surface area contributed by atoms with Crippen molar-refractivity contribution in [2.24, 2.45) is 0 Å². The van der Waals surface area contributed by atoms with E-state index in [2.05, 4.69) is 10.3 Å². The molecule has 5 heteroatoms. The standard InChI is InChI=1S/C14H14N2O3/c1-18-13-9-5-8-12(15-13)16-14(17)19-10-11-6-3-2-4-7-11/h2-9H,10H2,1H3,(H,15,16,17). The van der Waals surface area contributed by atoms with Crippen molar-refractivity contribution in [3.8, 4) is 5.88 Å². The second-order valence-electron chi connectivity index (χ2n) is 3.75. The van der Waals surface area contributed by atoms with E-state index in [4.69, 9.17) is 9.47 Å². The van der Waals surface area contributed by atoms with E-state index in [0.29, 0.717) is 11.7 Å². The molecule has 0 aliphatic carbocycles. The third kappa shape index (κ3) is 3.99. The lowest BCUT2D eigenvalue weighted by Gasteiger charge is -2.07. The highest BCUT2D eigenvalue weighted by atomic mass is 16.5. The number of aromatic nitrogens is 1. The van der Waals surface area contributed by atoms with Gasteiger partial charge in [-0.25, -0.2) is 4.79 Å². The molecule has 0 radical (unpaired) electrons. The van der Waals surface area contributed by atoms with Gasteiger partial charge in [-0.2, -0.15) is 4.98 Å². The van der Waals surface area contributed by atoms with Crippen LogP contribution in [0.25, 0.3) is 0 Å². The quantitative estimate of drug-likeness (QED) is 0.916. The van der Waals surface area contributed by atoms with Crippen LogP contribution in [0, 0.1) is 0 Å². The molecule has 0 unspecified atom stereocenters. The summed E-state index contributed by atoms with van der Waals surface area (Å²) in [6, 6.07) is 14.5. The predicted octanol–water partition coefficient (Wildman–Crippen LogP) is 2.84. The van der Waals surface area contributed by atoms with Gasteiger partial charge in [0.2, 0.25) is 5.88 Å². The molecule has 1 N–H and O–H groups in total. The highest BCUT2D eigenvalue weighted by Crippen LogP contribution is 2.11. The Labute approximate surface area is 111 Å².